The number of carbonyl (C=O) groups excluding carboxylic acids is 1. The molecule has 1 heterocycles. The van der Waals surface area contributed by atoms with Gasteiger partial charge in [-0.25, -0.2) is 0 Å². The minimum absolute atomic E-state index is 0. The lowest BCUT2D eigenvalue weighted by Gasteiger charge is -2.15. The zero-order valence-corrected chi connectivity index (χ0v) is 8.54. The standard InChI is InChI=1S/C10H12N2O.ClH/c11-9-6-7-12(10(9)13)8-4-2-1-3-5-8;/h1-5,9H,6-7,11H2;1H. The van der Waals surface area contributed by atoms with Crippen LogP contribution in [0.1, 0.15) is 6.42 Å². The molecule has 0 aliphatic carbocycles. The number of rotatable bonds is 1. The molecule has 1 aromatic rings. The predicted octanol–water partition coefficient (Wildman–Crippen LogP) is 1.17. The molecule has 1 aromatic carbocycles. The molecule has 1 aliphatic rings. The van der Waals surface area contributed by atoms with Gasteiger partial charge in [0.2, 0.25) is 5.91 Å². The molecule has 14 heavy (non-hydrogen) atoms. The lowest BCUT2D eigenvalue weighted by molar-refractivity contribution is -0.118. The predicted molar refractivity (Wildman–Crippen MR) is 58.6 cm³/mol. The molecule has 0 saturated carbocycles. The fourth-order valence-corrected chi connectivity index (χ4v) is 1.57. The van der Waals surface area contributed by atoms with Gasteiger partial charge in [0, 0.05) is 12.2 Å². The van der Waals surface area contributed by atoms with Crippen molar-refractivity contribution in [1.29, 1.82) is 0 Å². The number of nitrogens with two attached hydrogens (primary N) is 1. The molecule has 76 valence electrons. The van der Waals surface area contributed by atoms with E-state index in [9.17, 15) is 4.79 Å². The van der Waals surface area contributed by atoms with Crippen LogP contribution < -0.4 is 10.6 Å². The Morgan fingerprint density at radius 2 is 1.93 bits per heavy atom. The summed E-state index contributed by atoms with van der Waals surface area (Å²) in [5.41, 5.74) is 6.56. The van der Waals surface area contributed by atoms with Crippen LogP contribution in [0.2, 0.25) is 0 Å². The second kappa shape index (κ2) is 4.44. The van der Waals surface area contributed by atoms with Gasteiger partial charge in [0.1, 0.15) is 0 Å². The Morgan fingerprint density at radius 3 is 2.43 bits per heavy atom. The Balaban J connectivity index is 0.000000980. The number of hydrogen-bond donors (Lipinski definition) is 1. The van der Waals surface area contributed by atoms with Gasteiger partial charge < -0.3 is 10.6 Å². The fourth-order valence-electron chi connectivity index (χ4n) is 1.57. The van der Waals surface area contributed by atoms with Crippen LogP contribution in [0.3, 0.4) is 0 Å². The van der Waals surface area contributed by atoms with Crippen LogP contribution in [0.25, 0.3) is 0 Å². The molecule has 0 bridgehead atoms. The molecule has 1 saturated heterocycles. The number of anilines is 1. The lowest BCUT2D eigenvalue weighted by atomic mass is 10.3. The van der Waals surface area contributed by atoms with E-state index in [4.69, 9.17) is 5.73 Å². The van der Waals surface area contributed by atoms with E-state index in [-0.39, 0.29) is 24.4 Å². The number of carbonyl (C=O) groups is 1. The molecule has 0 spiro atoms. The minimum atomic E-state index is -0.305. The topological polar surface area (TPSA) is 46.3 Å². The van der Waals surface area contributed by atoms with Gasteiger partial charge in [0.25, 0.3) is 0 Å². The van der Waals surface area contributed by atoms with Crippen molar-refractivity contribution in [3.63, 3.8) is 0 Å². The summed E-state index contributed by atoms with van der Waals surface area (Å²) in [5, 5.41) is 0. The summed E-state index contributed by atoms with van der Waals surface area (Å²) in [6.07, 6.45) is 0.758. The SMILES string of the molecule is Cl.NC1CCN(c2ccccc2)C1=O. The number of halogens is 1. The van der Waals surface area contributed by atoms with Crippen molar-refractivity contribution in [1.82, 2.24) is 0 Å². The van der Waals surface area contributed by atoms with Crippen LogP contribution >= 0.6 is 12.4 Å². The van der Waals surface area contributed by atoms with Crippen LogP contribution in [0.15, 0.2) is 30.3 Å². The number of para-hydroxylation sites is 1. The van der Waals surface area contributed by atoms with Gasteiger partial charge in [-0.05, 0) is 18.6 Å². The first-order chi connectivity index (χ1) is 6.29. The van der Waals surface area contributed by atoms with Crippen molar-refractivity contribution in [3.8, 4) is 0 Å². The molecule has 1 unspecified atom stereocenters. The van der Waals surface area contributed by atoms with Crippen LogP contribution in [-0.4, -0.2) is 18.5 Å². The van der Waals surface area contributed by atoms with Gasteiger partial charge in [-0.1, -0.05) is 18.2 Å². The first-order valence-corrected chi connectivity index (χ1v) is 4.41. The van der Waals surface area contributed by atoms with E-state index in [0.29, 0.717) is 0 Å². The third kappa shape index (κ3) is 1.89. The van der Waals surface area contributed by atoms with Crippen molar-refractivity contribution in [2.24, 2.45) is 5.73 Å². The molecule has 1 aliphatic heterocycles. The van der Waals surface area contributed by atoms with E-state index in [1.807, 2.05) is 30.3 Å². The van der Waals surface area contributed by atoms with Crippen molar-refractivity contribution < 1.29 is 4.79 Å². The Morgan fingerprint density at radius 1 is 1.29 bits per heavy atom. The Hall–Kier alpha value is -1.06. The average Bonchev–Trinajstić information content (AvgIpc) is 2.49. The second-order valence-corrected chi connectivity index (χ2v) is 3.22. The summed E-state index contributed by atoms with van der Waals surface area (Å²) in [6.45, 7) is 0.740. The Bertz CT molecular complexity index is 315. The number of hydrogen-bond acceptors (Lipinski definition) is 2. The summed E-state index contributed by atoms with van der Waals surface area (Å²) in [4.78, 5) is 13.2. The normalized spacial score (nSPS) is 20.8. The van der Waals surface area contributed by atoms with Crippen molar-refractivity contribution in [2.75, 3.05) is 11.4 Å². The van der Waals surface area contributed by atoms with Crippen molar-refractivity contribution >= 4 is 24.0 Å². The summed E-state index contributed by atoms with van der Waals surface area (Å²) >= 11 is 0. The third-order valence-electron chi connectivity index (χ3n) is 2.31. The van der Waals surface area contributed by atoms with Crippen LogP contribution in [-0.2, 0) is 4.79 Å². The maximum atomic E-state index is 11.5. The molecule has 4 heteroatoms. The molecular formula is C10H13ClN2O. The second-order valence-electron chi connectivity index (χ2n) is 3.22. The minimum Gasteiger partial charge on any atom is -0.320 e. The highest BCUT2D eigenvalue weighted by Gasteiger charge is 2.29. The number of nitrogens with zero attached hydrogens (tertiary/aromatic N) is 1. The quantitative estimate of drug-likeness (QED) is 0.760. The van der Waals surface area contributed by atoms with Gasteiger partial charge in [-0.15, -0.1) is 12.4 Å². The maximum absolute atomic E-state index is 11.5. The highest BCUT2D eigenvalue weighted by molar-refractivity contribution is 5.99. The number of benzene rings is 1. The molecule has 1 atom stereocenters. The van der Waals surface area contributed by atoms with Crippen LogP contribution in [0.5, 0.6) is 0 Å². The highest BCUT2D eigenvalue weighted by Crippen LogP contribution is 2.19. The van der Waals surface area contributed by atoms with Gasteiger partial charge in [-0.2, -0.15) is 0 Å². The van der Waals surface area contributed by atoms with Gasteiger partial charge in [0.05, 0.1) is 6.04 Å². The molecular weight excluding hydrogens is 200 g/mol. The van der Waals surface area contributed by atoms with Gasteiger partial charge in [0.15, 0.2) is 0 Å². The van der Waals surface area contributed by atoms with E-state index in [1.54, 1.807) is 4.90 Å². The summed E-state index contributed by atoms with van der Waals surface area (Å²) < 4.78 is 0. The molecule has 1 amide bonds. The van der Waals surface area contributed by atoms with E-state index in [2.05, 4.69) is 0 Å². The van der Waals surface area contributed by atoms with Gasteiger partial charge >= 0.3 is 0 Å². The molecule has 0 aromatic heterocycles. The maximum Gasteiger partial charge on any atom is 0.243 e. The zero-order valence-electron chi connectivity index (χ0n) is 7.72. The van der Waals surface area contributed by atoms with Crippen molar-refractivity contribution in [2.45, 2.75) is 12.5 Å². The number of amides is 1. The lowest BCUT2D eigenvalue weighted by Crippen LogP contribution is -2.33. The third-order valence-corrected chi connectivity index (χ3v) is 2.31. The van der Waals surface area contributed by atoms with Crippen LogP contribution in [0.4, 0.5) is 5.69 Å². The summed E-state index contributed by atoms with van der Waals surface area (Å²) in [6, 6.07) is 9.33. The molecule has 0 radical (unpaired) electrons. The van der Waals surface area contributed by atoms with Crippen LogP contribution in [0, 0.1) is 0 Å². The highest BCUT2D eigenvalue weighted by atomic mass is 35.5. The molecule has 1 fully saturated rings. The van der Waals surface area contributed by atoms with Crippen molar-refractivity contribution in [3.05, 3.63) is 30.3 Å². The first-order valence-electron chi connectivity index (χ1n) is 4.41. The fraction of sp³-hybridized carbons (Fsp3) is 0.300. The summed E-state index contributed by atoms with van der Waals surface area (Å²) in [5.74, 6) is 0.0335. The van der Waals surface area contributed by atoms with E-state index in [0.717, 1.165) is 18.7 Å². The molecule has 3 nitrogen and oxygen atoms in total. The Kier molecular flexibility index (Phi) is 3.49. The van der Waals surface area contributed by atoms with E-state index in [1.165, 1.54) is 0 Å². The average molecular weight is 213 g/mol. The first kappa shape index (κ1) is 11.0. The smallest absolute Gasteiger partial charge is 0.243 e. The van der Waals surface area contributed by atoms with E-state index < -0.39 is 0 Å². The largest absolute Gasteiger partial charge is 0.320 e. The monoisotopic (exact) mass is 212 g/mol. The summed E-state index contributed by atoms with van der Waals surface area (Å²) in [7, 11) is 0. The molecule has 2 N–H and O–H groups in total. The van der Waals surface area contributed by atoms with Gasteiger partial charge in [-0.3, -0.25) is 4.79 Å². The van der Waals surface area contributed by atoms with E-state index >= 15 is 0 Å². The Labute approximate surface area is 89.3 Å². The zero-order chi connectivity index (χ0) is 9.26. The molecule has 2 rings (SSSR count).